The van der Waals surface area contributed by atoms with E-state index in [2.05, 4.69) is 4.98 Å². The van der Waals surface area contributed by atoms with Crippen LogP contribution in [0.1, 0.15) is 16.8 Å². The number of likely N-dealkylation sites (tertiary alicyclic amines) is 1. The van der Waals surface area contributed by atoms with Crippen molar-refractivity contribution < 1.29 is 18.7 Å². The van der Waals surface area contributed by atoms with Crippen molar-refractivity contribution in [3.05, 3.63) is 52.3 Å². The summed E-state index contributed by atoms with van der Waals surface area (Å²) in [6, 6.07) is 5.62. The smallest absolute Gasteiger partial charge is 0.259 e. The lowest BCUT2D eigenvalue weighted by atomic mass is 10.2. The molecule has 0 radical (unpaired) electrons. The number of carbonyl (C=O) groups is 1. The summed E-state index contributed by atoms with van der Waals surface area (Å²) >= 11 is 0. The minimum atomic E-state index is -0.613. The number of methoxy groups -OCH3 is 1. The van der Waals surface area contributed by atoms with Crippen molar-refractivity contribution in [2.75, 3.05) is 20.2 Å². The lowest BCUT2D eigenvalue weighted by Crippen LogP contribution is -2.32. The maximum absolute atomic E-state index is 13.1. The average molecular weight is 347 g/mol. The summed E-state index contributed by atoms with van der Waals surface area (Å²) in [5.41, 5.74) is 0.0577. The number of carbonyl (C=O) groups excluding carboxylic acids is 1. The SMILES string of the molecule is COc1cc(=O)n(C)cc1C(=O)N1CCC(Oc2cccc(F)n2)C1. The Morgan fingerprint density at radius 3 is 2.92 bits per heavy atom. The van der Waals surface area contributed by atoms with Crippen molar-refractivity contribution in [2.45, 2.75) is 12.5 Å². The first kappa shape index (κ1) is 16.9. The monoisotopic (exact) mass is 347 g/mol. The topological polar surface area (TPSA) is 73.7 Å². The van der Waals surface area contributed by atoms with Gasteiger partial charge in [0, 0.05) is 38.3 Å². The molecular weight excluding hydrogens is 329 g/mol. The molecule has 1 aliphatic heterocycles. The van der Waals surface area contributed by atoms with Crippen LogP contribution in [0.25, 0.3) is 0 Å². The van der Waals surface area contributed by atoms with Gasteiger partial charge in [-0.05, 0) is 6.07 Å². The fraction of sp³-hybridized carbons (Fsp3) is 0.353. The van der Waals surface area contributed by atoms with Crippen molar-refractivity contribution in [1.29, 1.82) is 0 Å². The van der Waals surface area contributed by atoms with Crippen molar-refractivity contribution in [2.24, 2.45) is 7.05 Å². The highest BCUT2D eigenvalue weighted by molar-refractivity contribution is 5.96. The van der Waals surface area contributed by atoms with Crippen LogP contribution in [0.3, 0.4) is 0 Å². The number of hydrogen-bond donors (Lipinski definition) is 0. The molecule has 0 bridgehead atoms. The minimum absolute atomic E-state index is 0.194. The average Bonchev–Trinajstić information content (AvgIpc) is 3.04. The predicted octanol–water partition coefficient (Wildman–Crippen LogP) is 1.22. The first-order chi connectivity index (χ1) is 12.0. The summed E-state index contributed by atoms with van der Waals surface area (Å²) in [6.45, 7) is 0.841. The van der Waals surface area contributed by atoms with Gasteiger partial charge in [-0.1, -0.05) is 6.07 Å². The first-order valence-electron chi connectivity index (χ1n) is 7.81. The lowest BCUT2D eigenvalue weighted by Gasteiger charge is -2.18. The molecule has 1 unspecified atom stereocenters. The van der Waals surface area contributed by atoms with Crippen molar-refractivity contribution in [3.63, 3.8) is 0 Å². The second-order valence-corrected chi connectivity index (χ2v) is 5.78. The molecule has 0 spiro atoms. The third kappa shape index (κ3) is 3.62. The van der Waals surface area contributed by atoms with E-state index < -0.39 is 5.95 Å². The number of halogens is 1. The van der Waals surface area contributed by atoms with Gasteiger partial charge < -0.3 is 18.9 Å². The van der Waals surface area contributed by atoms with Gasteiger partial charge in [-0.2, -0.15) is 9.37 Å². The van der Waals surface area contributed by atoms with E-state index in [0.29, 0.717) is 25.1 Å². The standard InChI is InChI=1S/C17H18FN3O4/c1-20-10-12(13(24-2)8-16(20)22)17(23)21-7-6-11(9-21)25-15-5-3-4-14(18)19-15/h3-5,8,10-11H,6-7,9H2,1-2H3. The second kappa shape index (κ2) is 6.92. The molecule has 1 amide bonds. The van der Waals surface area contributed by atoms with Crippen molar-refractivity contribution >= 4 is 5.91 Å². The fourth-order valence-corrected chi connectivity index (χ4v) is 2.75. The van der Waals surface area contributed by atoms with Crippen molar-refractivity contribution in [3.8, 4) is 11.6 Å². The van der Waals surface area contributed by atoms with Crippen molar-refractivity contribution in [1.82, 2.24) is 14.5 Å². The summed E-state index contributed by atoms with van der Waals surface area (Å²) < 4.78 is 25.2. The van der Waals surface area contributed by atoms with Crippen LogP contribution >= 0.6 is 0 Å². The maximum atomic E-state index is 13.1. The molecule has 0 aromatic carbocycles. The number of ether oxygens (including phenoxy) is 2. The molecule has 7 nitrogen and oxygen atoms in total. The summed E-state index contributed by atoms with van der Waals surface area (Å²) in [6.07, 6.45) is 1.81. The molecular formula is C17H18FN3O4. The summed E-state index contributed by atoms with van der Waals surface area (Å²) in [4.78, 5) is 29.7. The van der Waals surface area contributed by atoms with Gasteiger partial charge in [-0.15, -0.1) is 0 Å². The van der Waals surface area contributed by atoms with Crippen LogP contribution in [0.2, 0.25) is 0 Å². The zero-order valence-electron chi connectivity index (χ0n) is 13.9. The van der Waals surface area contributed by atoms with E-state index in [0.717, 1.165) is 0 Å². The van der Waals surface area contributed by atoms with Gasteiger partial charge in [0.1, 0.15) is 11.9 Å². The Hall–Kier alpha value is -2.90. The van der Waals surface area contributed by atoms with Gasteiger partial charge in [-0.3, -0.25) is 9.59 Å². The molecule has 2 aromatic heterocycles. The number of nitrogens with zero attached hydrogens (tertiary/aromatic N) is 3. The molecule has 25 heavy (non-hydrogen) atoms. The van der Waals surface area contributed by atoms with Crippen LogP contribution in [0, 0.1) is 5.95 Å². The van der Waals surface area contributed by atoms with Crippen LogP contribution in [0.4, 0.5) is 4.39 Å². The Morgan fingerprint density at radius 2 is 2.20 bits per heavy atom. The third-order valence-corrected chi connectivity index (χ3v) is 4.05. The van der Waals surface area contributed by atoms with E-state index in [9.17, 15) is 14.0 Å². The second-order valence-electron chi connectivity index (χ2n) is 5.78. The van der Waals surface area contributed by atoms with Crippen LogP contribution in [0.15, 0.2) is 35.3 Å². The number of pyridine rings is 2. The molecule has 1 fully saturated rings. The zero-order valence-corrected chi connectivity index (χ0v) is 13.9. The molecule has 132 valence electrons. The summed E-state index contributed by atoms with van der Waals surface area (Å²) in [7, 11) is 2.99. The highest BCUT2D eigenvalue weighted by Crippen LogP contribution is 2.22. The molecule has 0 aliphatic carbocycles. The molecule has 0 saturated carbocycles. The maximum Gasteiger partial charge on any atom is 0.259 e. The Bertz CT molecular complexity index is 852. The van der Waals surface area contributed by atoms with Crippen LogP contribution in [0.5, 0.6) is 11.6 Å². The summed E-state index contributed by atoms with van der Waals surface area (Å²) in [5.74, 6) is -0.424. The number of rotatable bonds is 4. The lowest BCUT2D eigenvalue weighted by molar-refractivity contribution is 0.0766. The summed E-state index contributed by atoms with van der Waals surface area (Å²) in [5, 5.41) is 0. The van der Waals surface area contributed by atoms with Gasteiger partial charge in [0.2, 0.25) is 11.8 Å². The van der Waals surface area contributed by atoms with E-state index >= 15 is 0 Å². The Morgan fingerprint density at radius 1 is 1.40 bits per heavy atom. The van der Waals surface area contributed by atoms with Crippen LogP contribution in [-0.4, -0.2) is 46.7 Å². The third-order valence-electron chi connectivity index (χ3n) is 4.05. The first-order valence-corrected chi connectivity index (χ1v) is 7.81. The van der Waals surface area contributed by atoms with E-state index in [1.54, 1.807) is 18.0 Å². The Labute approximate surface area is 143 Å². The Balaban J connectivity index is 1.73. The molecule has 1 atom stereocenters. The molecule has 3 rings (SSSR count). The van der Waals surface area contributed by atoms with Crippen LogP contribution in [-0.2, 0) is 7.05 Å². The fourth-order valence-electron chi connectivity index (χ4n) is 2.75. The van der Waals surface area contributed by atoms with E-state index in [1.807, 2.05) is 0 Å². The number of amides is 1. The molecule has 3 heterocycles. The largest absolute Gasteiger partial charge is 0.496 e. The normalized spacial score (nSPS) is 16.8. The highest BCUT2D eigenvalue weighted by atomic mass is 19.1. The molecule has 0 N–H and O–H groups in total. The highest BCUT2D eigenvalue weighted by Gasteiger charge is 2.30. The van der Waals surface area contributed by atoms with E-state index in [4.69, 9.17) is 9.47 Å². The van der Waals surface area contributed by atoms with Gasteiger partial charge in [0.05, 0.1) is 19.2 Å². The van der Waals surface area contributed by atoms with Gasteiger partial charge in [0.15, 0.2) is 0 Å². The zero-order chi connectivity index (χ0) is 18.0. The quantitative estimate of drug-likeness (QED) is 0.778. The van der Waals surface area contributed by atoms with Gasteiger partial charge in [0.25, 0.3) is 11.5 Å². The number of hydrogen-bond acceptors (Lipinski definition) is 5. The van der Waals surface area contributed by atoms with E-state index in [-0.39, 0.29) is 29.2 Å². The number of aryl methyl sites for hydroxylation is 1. The van der Waals surface area contributed by atoms with E-state index in [1.165, 1.54) is 36.1 Å². The van der Waals surface area contributed by atoms with Gasteiger partial charge in [-0.25, -0.2) is 0 Å². The molecule has 8 heteroatoms. The van der Waals surface area contributed by atoms with Gasteiger partial charge >= 0.3 is 0 Å². The molecule has 2 aromatic rings. The minimum Gasteiger partial charge on any atom is -0.496 e. The molecule has 1 aliphatic rings. The molecule has 1 saturated heterocycles. The number of aromatic nitrogens is 2. The van der Waals surface area contributed by atoms with Crippen LogP contribution < -0.4 is 15.0 Å². The predicted molar refractivity (Wildman–Crippen MR) is 87.4 cm³/mol. The Kier molecular flexibility index (Phi) is 4.69.